The topological polar surface area (TPSA) is 80.5 Å². The number of nitrogens with two attached hydrogens (primary N) is 1. The third kappa shape index (κ3) is 2.75. The van der Waals surface area contributed by atoms with Gasteiger partial charge in [0.05, 0.1) is 0 Å². The molecule has 76 valence electrons. The lowest BCUT2D eigenvalue weighted by atomic mass is 9.95. The van der Waals surface area contributed by atoms with Crippen LogP contribution in [0.3, 0.4) is 0 Å². The van der Waals surface area contributed by atoms with Crippen molar-refractivity contribution < 1.29 is 13.2 Å². The molecule has 1 saturated heterocycles. The van der Waals surface area contributed by atoms with Crippen molar-refractivity contribution >= 4 is 16.0 Å². The minimum atomic E-state index is -3.55. The largest absolute Gasteiger partial charge is 0.300 e. The number of nitrogens with zero attached hydrogens (tertiary/aromatic N) is 1. The Hall–Kier alpha value is -0.460. The fourth-order valence-corrected chi connectivity index (χ4v) is 2.24. The van der Waals surface area contributed by atoms with E-state index in [4.69, 9.17) is 5.14 Å². The molecule has 6 heteroatoms. The minimum absolute atomic E-state index is 0.0120. The quantitative estimate of drug-likeness (QED) is 0.660. The van der Waals surface area contributed by atoms with E-state index in [0.717, 1.165) is 0 Å². The molecular formula is C7H14N2O3S. The average Bonchev–Trinajstić information content (AvgIpc) is 2.03. The van der Waals surface area contributed by atoms with Crippen molar-refractivity contribution in [1.82, 2.24) is 4.31 Å². The molecule has 0 radical (unpaired) electrons. The molecule has 1 fully saturated rings. The lowest BCUT2D eigenvalue weighted by Gasteiger charge is -2.28. The standard InChI is InChI=1S/C7H14N2O3S/c1-6(10)7-2-4-9(5-3-7)13(8,11)12/h7H,2-5H2,1H3,(H2,8,11,12). The van der Waals surface area contributed by atoms with Gasteiger partial charge in [-0.15, -0.1) is 0 Å². The van der Waals surface area contributed by atoms with Gasteiger partial charge in [0.15, 0.2) is 0 Å². The Morgan fingerprint density at radius 3 is 2.15 bits per heavy atom. The van der Waals surface area contributed by atoms with E-state index in [0.29, 0.717) is 25.9 Å². The highest BCUT2D eigenvalue weighted by atomic mass is 32.2. The van der Waals surface area contributed by atoms with Gasteiger partial charge in [0.2, 0.25) is 0 Å². The van der Waals surface area contributed by atoms with Gasteiger partial charge in [-0.3, -0.25) is 4.79 Å². The van der Waals surface area contributed by atoms with E-state index < -0.39 is 10.2 Å². The summed E-state index contributed by atoms with van der Waals surface area (Å²) in [5, 5.41) is 4.94. The second kappa shape index (κ2) is 3.73. The van der Waals surface area contributed by atoms with Crippen molar-refractivity contribution in [2.45, 2.75) is 19.8 Å². The smallest absolute Gasteiger partial charge is 0.276 e. The fourth-order valence-electron chi connectivity index (χ4n) is 1.52. The molecule has 0 amide bonds. The van der Waals surface area contributed by atoms with E-state index in [1.807, 2.05) is 0 Å². The van der Waals surface area contributed by atoms with E-state index in [-0.39, 0.29) is 11.7 Å². The first kappa shape index (κ1) is 10.6. The zero-order valence-electron chi connectivity index (χ0n) is 7.56. The Labute approximate surface area is 78.1 Å². The average molecular weight is 206 g/mol. The molecule has 5 nitrogen and oxygen atoms in total. The second-order valence-corrected chi connectivity index (χ2v) is 4.88. The van der Waals surface area contributed by atoms with Gasteiger partial charge >= 0.3 is 0 Å². The van der Waals surface area contributed by atoms with E-state index in [9.17, 15) is 13.2 Å². The van der Waals surface area contributed by atoms with Crippen LogP contribution in [0.4, 0.5) is 0 Å². The van der Waals surface area contributed by atoms with Crippen molar-refractivity contribution in [2.75, 3.05) is 13.1 Å². The summed E-state index contributed by atoms with van der Waals surface area (Å²) >= 11 is 0. The molecule has 13 heavy (non-hydrogen) atoms. The Kier molecular flexibility index (Phi) is 3.05. The SMILES string of the molecule is CC(=O)C1CCN(S(N)(=O)=O)CC1. The molecule has 1 heterocycles. The fraction of sp³-hybridized carbons (Fsp3) is 0.857. The summed E-state index contributed by atoms with van der Waals surface area (Å²) in [7, 11) is -3.55. The number of carbonyl (C=O) groups is 1. The monoisotopic (exact) mass is 206 g/mol. The number of rotatable bonds is 2. The summed E-state index contributed by atoms with van der Waals surface area (Å²) in [4.78, 5) is 11.0. The summed E-state index contributed by atoms with van der Waals surface area (Å²) in [6.07, 6.45) is 1.18. The van der Waals surface area contributed by atoms with Crippen LogP contribution in [-0.4, -0.2) is 31.6 Å². The maximum absolute atomic E-state index is 11.0. The van der Waals surface area contributed by atoms with Crippen LogP contribution in [0.1, 0.15) is 19.8 Å². The molecule has 0 aliphatic carbocycles. The van der Waals surface area contributed by atoms with Gasteiger partial charge < -0.3 is 0 Å². The normalized spacial score (nSPS) is 21.7. The van der Waals surface area contributed by atoms with Gasteiger partial charge in [0.25, 0.3) is 10.2 Å². The van der Waals surface area contributed by atoms with Gasteiger partial charge in [-0.2, -0.15) is 12.7 Å². The molecule has 0 unspecified atom stereocenters. The summed E-state index contributed by atoms with van der Waals surface area (Å²) < 4.78 is 23.0. The van der Waals surface area contributed by atoms with Crippen LogP contribution < -0.4 is 5.14 Å². The van der Waals surface area contributed by atoms with Gasteiger partial charge in [0, 0.05) is 19.0 Å². The first-order valence-corrected chi connectivity index (χ1v) is 5.70. The first-order valence-electron chi connectivity index (χ1n) is 4.19. The van der Waals surface area contributed by atoms with Crippen molar-refractivity contribution in [3.8, 4) is 0 Å². The Morgan fingerprint density at radius 2 is 1.85 bits per heavy atom. The lowest BCUT2D eigenvalue weighted by molar-refractivity contribution is -0.121. The van der Waals surface area contributed by atoms with Gasteiger partial charge in [-0.25, -0.2) is 5.14 Å². The van der Waals surface area contributed by atoms with Crippen LogP contribution in [0.25, 0.3) is 0 Å². The summed E-state index contributed by atoms with van der Waals surface area (Å²) in [6, 6.07) is 0. The molecule has 1 aliphatic rings. The second-order valence-electron chi connectivity index (χ2n) is 3.33. The number of piperidine rings is 1. The predicted octanol–water partition coefficient (Wildman–Crippen LogP) is -0.509. The summed E-state index contributed by atoms with van der Waals surface area (Å²) in [5.74, 6) is 0.145. The van der Waals surface area contributed by atoms with Crippen LogP contribution in [0, 0.1) is 5.92 Å². The van der Waals surface area contributed by atoms with E-state index in [1.54, 1.807) is 0 Å². The maximum atomic E-state index is 11.0. The molecule has 0 atom stereocenters. The van der Waals surface area contributed by atoms with Crippen LogP contribution in [0.2, 0.25) is 0 Å². The van der Waals surface area contributed by atoms with Crippen molar-refractivity contribution in [1.29, 1.82) is 0 Å². The lowest BCUT2D eigenvalue weighted by Crippen LogP contribution is -2.43. The van der Waals surface area contributed by atoms with Gasteiger partial charge in [-0.05, 0) is 19.8 Å². The molecule has 0 aromatic carbocycles. The number of Topliss-reactive ketones (excluding diaryl/α,β-unsaturated/α-hetero) is 1. The number of carbonyl (C=O) groups excluding carboxylic acids is 1. The third-order valence-electron chi connectivity index (χ3n) is 2.39. The Morgan fingerprint density at radius 1 is 1.38 bits per heavy atom. The number of ketones is 1. The maximum Gasteiger partial charge on any atom is 0.276 e. The van der Waals surface area contributed by atoms with Crippen LogP contribution in [0.5, 0.6) is 0 Å². The van der Waals surface area contributed by atoms with Gasteiger partial charge in [0.1, 0.15) is 5.78 Å². The highest BCUT2D eigenvalue weighted by molar-refractivity contribution is 7.86. The zero-order valence-corrected chi connectivity index (χ0v) is 8.38. The molecule has 0 aromatic heterocycles. The van der Waals surface area contributed by atoms with Crippen molar-refractivity contribution in [3.63, 3.8) is 0 Å². The number of hydrogen-bond acceptors (Lipinski definition) is 3. The molecular weight excluding hydrogens is 192 g/mol. The predicted molar refractivity (Wildman–Crippen MR) is 48.1 cm³/mol. The van der Waals surface area contributed by atoms with Crippen LogP contribution in [-0.2, 0) is 15.0 Å². The molecule has 1 aliphatic heterocycles. The van der Waals surface area contributed by atoms with E-state index in [1.165, 1.54) is 11.2 Å². The zero-order chi connectivity index (χ0) is 10.1. The molecule has 0 bridgehead atoms. The minimum Gasteiger partial charge on any atom is -0.300 e. The first-order chi connectivity index (χ1) is 5.91. The number of hydrogen-bond donors (Lipinski definition) is 1. The molecule has 0 saturated carbocycles. The molecule has 1 rings (SSSR count). The van der Waals surface area contributed by atoms with Crippen LogP contribution in [0.15, 0.2) is 0 Å². The molecule has 2 N–H and O–H groups in total. The van der Waals surface area contributed by atoms with E-state index >= 15 is 0 Å². The van der Waals surface area contributed by atoms with Gasteiger partial charge in [-0.1, -0.05) is 0 Å². The van der Waals surface area contributed by atoms with Crippen molar-refractivity contribution in [2.24, 2.45) is 11.1 Å². The Balaban J connectivity index is 2.53. The molecule has 0 aromatic rings. The van der Waals surface area contributed by atoms with E-state index in [2.05, 4.69) is 0 Å². The highest BCUT2D eigenvalue weighted by Crippen LogP contribution is 2.18. The third-order valence-corrected chi connectivity index (χ3v) is 3.47. The summed E-state index contributed by atoms with van der Waals surface area (Å²) in [5.41, 5.74) is 0. The summed E-state index contributed by atoms with van der Waals surface area (Å²) in [6.45, 7) is 2.27. The van der Waals surface area contributed by atoms with Crippen LogP contribution >= 0.6 is 0 Å². The molecule has 0 spiro atoms. The van der Waals surface area contributed by atoms with Crippen molar-refractivity contribution in [3.05, 3.63) is 0 Å². The Bertz CT molecular complexity index is 291. The highest BCUT2D eigenvalue weighted by Gasteiger charge is 2.27.